The minimum Gasteiger partial charge on any atom is -0.462 e. The van der Waals surface area contributed by atoms with Crippen LogP contribution in [0.25, 0.3) is 0 Å². The van der Waals surface area contributed by atoms with E-state index in [1.54, 1.807) is 0 Å². The van der Waals surface area contributed by atoms with Gasteiger partial charge in [0.2, 0.25) is 0 Å². The van der Waals surface area contributed by atoms with Gasteiger partial charge in [-0.25, -0.2) is 0 Å². The minimum atomic E-state index is -0.787. The van der Waals surface area contributed by atoms with Crippen LogP contribution in [0.1, 0.15) is 265 Å². The first-order chi connectivity index (χ1) is 30.0. The molecule has 61 heavy (non-hydrogen) atoms. The molecule has 0 radical (unpaired) electrons. The topological polar surface area (TPSA) is 78.9 Å². The molecule has 0 spiro atoms. The molecule has 0 saturated heterocycles. The fourth-order valence-electron chi connectivity index (χ4n) is 7.35. The largest absolute Gasteiger partial charge is 0.462 e. The van der Waals surface area contributed by atoms with E-state index in [9.17, 15) is 14.4 Å². The van der Waals surface area contributed by atoms with Crippen LogP contribution < -0.4 is 0 Å². The second-order valence-corrected chi connectivity index (χ2v) is 17.4. The van der Waals surface area contributed by atoms with Crippen LogP contribution in [0.4, 0.5) is 0 Å². The Balaban J connectivity index is 4.30. The SMILES string of the molecule is CC/C=C\C/C=C\CCCCC(=O)OCC(COC(=O)CCCCCCCCC/C=C\CCCCCCCCCC)OC(=O)CCCCCCCCC/C=C\CCCCCC. The maximum Gasteiger partial charge on any atom is 0.306 e. The highest BCUT2D eigenvalue weighted by Crippen LogP contribution is 2.15. The fourth-order valence-corrected chi connectivity index (χ4v) is 7.35. The van der Waals surface area contributed by atoms with Gasteiger partial charge in [-0.1, -0.05) is 198 Å². The molecular weight excluding hydrogens is 757 g/mol. The Bertz CT molecular complexity index is 1070. The first-order valence-electron chi connectivity index (χ1n) is 26.1. The number of hydrogen-bond acceptors (Lipinski definition) is 6. The summed E-state index contributed by atoms with van der Waals surface area (Å²) in [6.45, 7) is 6.48. The van der Waals surface area contributed by atoms with Gasteiger partial charge >= 0.3 is 17.9 Å². The molecule has 6 nitrogen and oxygen atoms in total. The third-order valence-corrected chi connectivity index (χ3v) is 11.3. The van der Waals surface area contributed by atoms with E-state index in [1.165, 1.54) is 154 Å². The molecule has 6 heteroatoms. The second-order valence-electron chi connectivity index (χ2n) is 17.4. The normalized spacial score (nSPS) is 12.4. The molecule has 0 rings (SSSR count). The predicted octanol–water partition coefficient (Wildman–Crippen LogP) is 17.1. The zero-order chi connectivity index (χ0) is 44.4. The summed E-state index contributed by atoms with van der Waals surface area (Å²) >= 11 is 0. The van der Waals surface area contributed by atoms with Gasteiger partial charge in [0, 0.05) is 19.3 Å². The molecule has 0 amide bonds. The molecule has 0 aliphatic carbocycles. The average molecular weight is 855 g/mol. The molecule has 0 aromatic heterocycles. The average Bonchev–Trinajstić information content (AvgIpc) is 3.26. The van der Waals surface area contributed by atoms with E-state index >= 15 is 0 Å². The fraction of sp³-hybridized carbons (Fsp3) is 0.800. The van der Waals surface area contributed by atoms with E-state index in [-0.39, 0.29) is 31.1 Å². The first kappa shape index (κ1) is 58.4. The number of unbranched alkanes of at least 4 members (excludes halogenated alkanes) is 28. The number of rotatable bonds is 47. The molecule has 1 atom stereocenters. The van der Waals surface area contributed by atoms with Crippen LogP contribution in [-0.2, 0) is 28.6 Å². The zero-order valence-electron chi connectivity index (χ0n) is 40.4. The molecule has 0 saturated carbocycles. The zero-order valence-corrected chi connectivity index (χ0v) is 40.4. The first-order valence-corrected chi connectivity index (χ1v) is 26.1. The van der Waals surface area contributed by atoms with Gasteiger partial charge in [-0.15, -0.1) is 0 Å². The Labute approximate surface area is 378 Å². The van der Waals surface area contributed by atoms with Crippen molar-refractivity contribution in [1.29, 1.82) is 0 Å². The summed E-state index contributed by atoms with van der Waals surface area (Å²) in [7, 11) is 0. The quantitative estimate of drug-likeness (QED) is 0.0263. The molecule has 0 fully saturated rings. The maximum absolute atomic E-state index is 12.8. The lowest BCUT2D eigenvalue weighted by atomic mass is 10.1. The van der Waals surface area contributed by atoms with Gasteiger partial charge in [0.1, 0.15) is 13.2 Å². The summed E-state index contributed by atoms with van der Waals surface area (Å²) in [6.07, 6.45) is 59.7. The molecule has 1 unspecified atom stereocenters. The van der Waals surface area contributed by atoms with Crippen LogP contribution in [0.2, 0.25) is 0 Å². The molecule has 0 aliphatic rings. The van der Waals surface area contributed by atoms with Crippen LogP contribution in [0.3, 0.4) is 0 Å². The number of esters is 3. The minimum absolute atomic E-state index is 0.0866. The van der Waals surface area contributed by atoms with Crippen LogP contribution in [0.15, 0.2) is 48.6 Å². The molecule has 0 aromatic rings. The van der Waals surface area contributed by atoms with E-state index in [0.29, 0.717) is 19.3 Å². The predicted molar refractivity (Wildman–Crippen MR) is 261 cm³/mol. The van der Waals surface area contributed by atoms with Crippen LogP contribution in [0, 0.1) is 0 Å². The molecule has 0 N–H and O–H groups in total. The summed E-state index contributed by atoms with van der Waals surface area (Å²) in [6, 6.07) is 0. The smallest absolute Gasteiger partial charge is 0.306 e. The van der Waals surface area contributed by atoms with Crippen molar-refractivity contribution < 1.29 is 28.6 Å². The molecule has 0 aromatic carbocycles. The Morgan fingerprint density at radius 3 is 1.05 bits per heavy atom. The second kappa shape index (κ2) is 50.0. The molecule has 0 heterocycles. The summed E-state index contributed by atoms with van der Waals surface area (Å²) in [5.41, 5.74) is 0. The van der Waals surface area contributed by atoms with Gasteiger partial charge in [-0.3, -0.25) is 14.4 Å². The van der Waals surface area contributed by atoms with Gasteiger partial charge in [0.15, 0.2) is 6.10 Å². The van der Waals surface area contributed by atoms with Crippen LogP contribution >= 0.6 is 0 Å². The van der Waals surface area contributed by atoms with E-state index in [0.717, 1.165) is 70.6 Å². The highest BCUT2D eigenvalue weighted by atomic mass is 16.6. The molecular formula is C55H98O6. The molecule has 354 valence electrons. The van der Waals surface area contributed by atoms with Crippen LogP contribution in [-0.4, -0.2) is 37.2 Å². The molecule has 0 aliphatic heterocycles. The summed E-state index contributed by atoms with van der Waals surface area (Å²) in [4.78, 5) is 37.9. The number of allylic oxidation sites excluding steroid dienone is 8. The van der Waals surface area contributed by atoms with Crippen molar-refractivity contribution >= 4 is 17.9 Å². The highest BCUT2D eigenvalue weighted by molar-refractivity contribution is 5.71. The number of carbonyl (C=O) groups excluding carboxylic acids is 3. The van der Waals surface area contributed by atoms with E-state index in [4.69, 9.17) is 14.2 Å². The number of ether oxygens (including phenoxy) is 3. The number of carbonyl (C=O) groups is 3. The lowest BCUT2D eigenvalue weighted by Crippen LogP contribution is -2.30. The Morgan fingerprint density at radius 2 is 0.639 bits per heavy atom. The highest BCUT2D eigenvalue weighted by Gasteiger charge is 2.19. The van der Waals surface area contributed by atoms with Gasteiger partial charge in [-0.2, -0.15) is 0 Å². The van der Waals surface area contributed by atoms with Crippen molar-refractivity contribution in [2.75, 3.05) is 13.2 Å². The standard InChI is InChI=1S/C55H98O6/c1-4-7-10-13-16-19-21-23-25-26-27-28-30-31-33-36-39-42-45-48-54(57)60-51-52(50-59-53(56)47-44-41-38-35-18-15-12-9-6-3)61-55(58)49-46-43-40-37-34-32-29-24-22-20-17-14-11-8-5-2/h9,12,18,20,22,26-27,35,52H,4-8,10-11,13-17,19,21,23-25,28-34,36-51H2,1-3H3/b12-9-,22-20-,27-26-,35-18-. The lowest BCUT2D eigenvalue weighted by molar-refractivity contribution is -0.167. The number of hydrogen-bond donors (Lipinski definition) is 0. The Hall–Kier alpha value is -2.63. The molecule has 0 bridgehead atoms. The van der Waals surface area contributed by atoms with Crippen molar-refractivity contribution in [2.24, 2.45) is 0 Å². The van der Waals surface area contributed by atoms with Crippen molar-refractivity contribution in [2.45, 2.75) is 271 Å². The Kier molecular flexibility index (Phi) is 47.9. The Morgan fingerprint density at radius 1 is 0.344 bits per heavy atom. The van der Waals surface area contributed by atoms with E-state index in [2.05, 4.69) is 69.4 Å². The summed E-state index contributed by atoms with van der Waals surface area (Å²) < 4.78 is 16.7. The van der Waals surface area contributed by atoms with Gasteiger partial charge in [0.05, 0.1) is 0 Å². The third kappa shape index (κ3) is 48.3. The summed E-state index contributed by atoms with van der Waals surface area (Å²) in [5, 5.41) is 0. The van der Waals surface area contributed by atoms with Crippen LogP contribution in [0.5, 0.6) is 0 Å². The van der Waals surface area contributed by atoms with Crippen molar-refractivity contribution in [1.82, 2.24) is 0 Å². The lowest BCUT2D eigenvalue weighted by Gasteiger charge is -2.18. The van der Waals surface area contributed by atoms with Gasteiger partial charge in [0.25, 0.3) is 0 Å². The maximum atomic E-state index is 12.8. The van der Waals surface area contributed by atoms with Gasteiger partial charge < -0.3 is 14.2 Å². The van der Waals surface area contributed by atoms with Gasteiger partial charge in [-0.05, 0) is 96.3 Å². The van der Waals surface area contributed by atoms with Crippen molar-refractivity contribution in [3.8, 4) is 0 Å². The monoisotopic (exact) mass is 855 g/mol. The van der Waals surface area contributed by atoms with E-state index < -0.39 is 6.10 Å². The van der Waals surface area contributed by atoms with Crippen molar-refractivity contribution in [3.63, 3.8) is 0 Å². The van der Waals surface area contributed by atoms with E-state index in [1.807, 2.05) is 0 Å². The summed E-state index contributed by atoms with van der Waals surface area (Å²) in [5.74, 6) is -0.928. The third-order valence-electron chi connectivity index (χ3n) is 11.3. The van der Waals surface area contributed by atoms with Crippen molar-refractivity contribution in [3.05, 3.63) is 48.6 Å².